The molecule has 41 heavy (non-hydrogen) atoms. The van der Waals surface area contributed by atoms with Crippen molar-refractivity contribution in [1.82, 2.24) is 30.5 Å². The summed E-state index contributed by atoms with van der Waals surface area (Å²) in [7, 11) is 0. The van der Waals surface area contributed by atoms with Crippen LogP contribution in [0.5, 0.6) is 0 Å². The van der Waals surface area contributed by atoms with Crippen molar-refractivity contribution < 1.29 is 9.18 Å². The highest BCUT2D eigenvalue weighted by Gasteiger charge is 2.19. The van der Waals surface area contributed by atoms with Crippen LogP contribution in [0.15, 0.2) is 60.8 Å². The SMILES string of the molecule is Cc1cc(NC(=O)CC2CCNCC2)cc(-c2ccc3[nH]nc(-c4cc5c(-c6ccc(F)s6)nccc5[nH]4)c3n2)c1. The van der Waals surface area contributed by atoms with Gasteiger partial charge in [-0.2, -0.15) is 9.49 Å². The number of anilines is 1. The maximum absolute atomic E-state index is 13.7. The Morgan fingerprint density at radius 1 is 1.05 bits per heavy atom. The molecule has 1 fully saturated rings. The first-order chi connectivity index (χ1) is 20.0. The van der Waals surface area contributed by atoms with Gasteiger partial charge in [0.15, 0.2) is 5.13 Å². The lowest BCUT2D eigenvalue weighted by Gasteiger charge is -2.22. The molecule has 1 saturated heterocycles. The highest BCUT2D eigenvalue weighted by molar-refractivity contribution is 7.13. The van der Waals surface area contributed by atoms with Crippen LogP contribution in [0.3, 0.4) is 0 Å². The molecule has 0 saturated carbocycles. The number of pyridine rings is 2. The maximum Gasteiger partial charge on any atom is 0.224 e. The summed E-state index contributed by atoms with van der Waals surface area (Å²) >= 11 is 1.07. The predicted molar refractivity (Wildman–Crippen MR) is 161 cm³/mol. The fourth-order valence-electron chi connectivity index (χ4n) is 5.63. The molecule has 7 rings (SSSR count). The molecule has 4 N–H and O–H groups in total. The molecule has 6 aromatic rings. The Hall–Kier alpha value is -4.41. The Bertz CT molecular complexity index is 1900. The van der Waals surface area contributed by atoms with E-state index in [2.05, 4.69) is 36.9 Å². The summed E-state index contributed by atoms with van der Waals surface area (Å²) in [6, 6.07) is 17.0. The molecule has 0 bridgehead atoms. The average Bonchev–Trinajstić information content (AvgIpc) is 3.70. The number of benzene rings is 1. The topological polar surface area (TPSA) is 111 Å². The number of fused-ring (bicyclic) bond motifs is 2. The Kier molecular flexibility index (Phi) is 6.56. The summed E-state index contributed by atoms with van der Waals surface area (Å²) in [5, 5.41) is 14.8. The minimum atomic E-state index is -0.245. The van der Waals surface area contributed by atoms with E-state index in [4.69, 9.17) is 4.98 Å². The second kappa shape index (κ2) is 10.5. The predicted octanol–water partition coefficient (Wildman–Crippen LogP) is 6.67. The number of nitrogens with one attached hydrogen (secondary N) is 4. The molecular formula is C31H28FN7OS. The quantitative estimate of drug-likeness (QED) is 0.180. The summed E-state index contributed by atoms with van der Waals surface area (Å²) in [5.74, 6) is 0.471. The van der Waals surface area contributed by atoms with Crippen molar-refractivity contribution in [2.75, 3.05) is 18.4 Å². The third-order valence-electron chi connectivity index (χ3n) is 7.61. The van der Waals surface area contributed by atoms with E-state index in [0.29, 0.717) is 18.0 Å². The van der Waals surface area contributed by atoms with Gasteiger partial charge in [-0.05, 0) is 98.9 Å². The molecule has 6 heterocycles. The van der Waals surface area contributed by atoms with Gasteiger partial charge in [-0.3, -0.25) is 14.9 Å². The number of hydrogen-bond donors (Lipinski definition) is 4. The van der Waals surface area contributed by atoms with Crippen molar-refractivity contribution in [2.24, 2.45) is 5.92 Å². The van der Waals surface area contributed by atoms with Crippen LogP contribution in [-0.2, 0) is 4.79 Å². The van der Waals surface area contributed by atoms with Crippen LogP contribution < -0.4 is 10.6 Å². The number of aromatic nitrogens is 5. The highest BCUT2D eigenvalue weighted by Crippen LogP contribution is 2.35. The fourth-order valence-corrected chi connectivity index (χ4v) is 6.37. The minimum absolute atomic E-state index is 0.0481. The first-order valence-electron chi connectivity index (χ1n) is 13.7. The molecule has 0 radical (unpaired) electrons. The molecule has 10 heteroatoms. The van der Waals surface area contributed by atoms with Crippen LogP contribution in [0, 0.1) is 18.0 Å². The largest absolute Gasteiger partial charge is 0.353 e. The Morgan fingerprint density at radius 3 is 2.76 bits per heavy atom. The van der Waals surface area contributed by atoms with Crippen LogP contribution >= 0.6 is 11.3 Å². The van der Waals surface area contributed by atoms with Gasteiger partial charge in [0.05, 0.1) is 27.5 Å². The van der Waals surface area contributed by atoms with Gasteiger partial charge >= 0.3 is 0 Å². The van der Waals surface area contributed by atoms with Crippen LogP contribution in [0.1, 0.15) is 24.8 Å². The summed E-state index contributed by atoms with van der Waals surface area (Å²) in [4.78, 5) is 26.5. The Balaban J connectivity index is 1.21. The first kappa shape index (κ1) is 25.6. The second-order valence-corrected chi connectivity index (χ2v) is 11.6. The first-order valence-corrected chi connectivity index (χ1v) is 14.5. The van der Waals surface area contributed by atoms with Crippen molar-refractivity contribution in [3.63, 3.8) is 0 Å². The van der Waals surface area contributed by atoms with E-state index >= 15 is 0 Å². The van der Waals surface area contributed by atoms with E-state index in [1.165, 1.54) is 6.07 Å². The number of halogens is 1. The molecule has 0 unspecified atom stereocenters. The van der Waals surface area contributed by atoms with Crippen LogP contribution in [-0.4, -0.2) is 44.1 Å². The summed E-state index contributed by atoms with van der Waals surface area (Å²) < 4.78 is 13.7. The number of aromatic amines is 2. The van der Waals surface area contributed by atoms with Gasteiger partial charge in [-0.15, -0.1) is 11.3 Å². The van der Waals surface area contributed by atoms with Crippen LogP contribution in [0.2, 0.25) is 0 Å². The number of amides is 1. The number of rotatable bonds is 6. The summed E-state index contributed by atoms with van der Waals surface area (Å²) in [6.45, 7) is 3.97. The lowest BCUT2D eigenvalue weighted by atomic mass is 9.94. The van der Waals surface area contributed by atoms with E-state index in [-0.39, 0.29) is 11.0 Å². The van der Waals surface area contributed by atoms with Gasteiger partial charge in [0.25, 0.3) is 0 Å². The molecule has 1 aliphatic rings. The van der Waals surface area contributed by atoms with Crippen LogP contribution in [0.25, 0.3) is 55.2 Å². The number of carbonyl (C=O) groups excluding carboxylic acids is 1. The second-order valence-electron chi connectivity index (χ2n) is 10.6. The highest BCUT2D eigenvalue weighted by atomic mass is 32.1. The van der Waals surface area contributed by atoms with Crippen LogP contribution in [0.4, 0.5) is 10.1 Å². The third-order valence-corrected chi connectivity index (χ3v) is 8.49. The molecule has 8 nitrogen and oxygen atoms in total. The standard InChI is InChI=1S/C31H28FN7OS/c1-17-12-19(15-20(13-17)35-28(40)14-18-6-9-33-10-7-18)22-2-3-24-30(37-22)31(39-38-24)25-16-21-23(36-25)8-11-34-29(21)26-4-5-27(32)41-26/h2-5,8,11-13,15-16,18,33,36H,6-7,9-10,14H2,1H3,(H,35,40)(H,38,39). The van der Waals surface area contributed by atoms with Gasteiger partial charge in [-0.25, -0.2) is 4.98 Å². The van der Waals surface area contributed by atoms with Gasteiger partial charge in [0.2, 0.25) is 5.91 Å². The van der Waals surface area contributed by atoms with Crippen molar-refractivity contribution in [3.05, 3.63) is 71.5 Å². The normalized spacial score (nSPS) is 14.2. The van der Waals surface area contributed by atoms with Crippen molar-refractivity contribution in [2.45, 2.75) is 26.2 Å². The smallest absolute Gasteiger partial charge is 0.224 e. The number of carbonyl (C=O) groups is 1. The molecule has 5 aromatic heterocycles. The number of piperidine rings is 1. The molecule has 0 spiro atoms. The Morgan fingerprint density at radius 2 is 1.93 bits per heavy atom. The monoisotopic (exact) mass is 565 g/mol. The number of nitrogens with zero attached hydrogens (tertiary/aromatic N) is 3. The van der Waals surface area contributed by atoms with E-state index in [1.807, 2.05) is 43.3 Å². The van der Waals surface area contributed by atoms with Crippen molar-refractivity contribution in [3.8, 4) is 33.2 Å². The van der Waals surface area contributed by atoms with Gasteiger partial charge in [0.1, 0.15) is 11.2 Å². The van der Waals surface area contributed by atoms with Gasteiger partial charge in [-0.1, -0.05) is 0 Å². The van der Waals surface area contributed by atoms with E-state index in [9.17, 15) is 9.18 Å². The number of hydrogen-bond acceptors (Lipinski definition) is 6. The van der Waals surface area contributed by atoms with E-state index < -0.39 is 0 Å². The number of aryl methyl sites for hydroxylation is 1. The average molecular weight is 566 g/mol. The van der Waals surface area contributed by atoms with Crippen molar-refractivity contribution in [1.29, 1.82) is 0 Å². The zero-order chi connectivity index (χ0) is 27.9. The molecule has 1 aliphatic heterocycles. The molecular weight excluding hydrogens is 537 g/mol. The van der Waals surface area contributed by atoms with Gasteiger partial charge < -0.3 is 15.6 Å². The molecule has 1 amide bonds. The number of H-pyrrole nitrogens is 2. The van der Waals surface area contributed by atoms with E-state index in [1.54, 1.807) is 12.3 Å². The lowest BCUT2D eigenvalue weighted by molar-refractivity contribution is -0.117. The fraction of sp³-hybridized carbons (Fsp3) is 0.226. The lowest BCUT2D eigenvalue weighted by Crippen LogP contribution is -2.30. The van der Waals surface area contributed by atoms with Gasteiger partial charge in [0, 0.05) is 34.8 Å². The maximum atomic E-state index is 13.7. The molecule has 1 aromatic carbocycles. The van der Waals surface area contributed by atoms with Crippen molar-refractivity contribution >= 4 is 44.9 Å². The summed E-state index contributed by atoms with van der Waals surface area (Å²) in [5.41, 5.74) is 8.12. The minimum Gasteiger partial charge on any atom is -0.353 e. The third kappa shape index (κ3) is 5.12. The van der Waals surface area contributed by atoms with E-state index in [0.717, 1.165) is 98.0 Å². The number of thiophene rings is 1. The zero-order valence-corrected chi connectivity index (χ0v) is 23.2. The summed E-state index contributed by atoms with van der Waals surface area (Å²) in [6.07, 6.45) is 4.32. The molecule has 206 valence electrons. The molecule has 0 aliphatic carbocycles. The Labute approximate surface area is 239 Å². The zero-order valence-electron chi connectivity index (χ0n) is 22.4. The molecule has 0 atom stereocenters.